The Balaban J connectivity index is 5.01. The topological polar surface area (TPSA) is 72.8 Å². The number of esters is 2. The summed E-state index contributed by atoms with van der Waals surface area (Å²) in [6.45, 7) is 9.14. The Morgan fingerprint density at radius 3 is 0.714 bits per heavy atom. The average molecular weight is 1080 g/mol. The van der Waals surface area contributed by atoms with Gasteiger partial charge in [-0.15, -0.1) is 0 Å². The van der Waals surface area contributed by atoms with Crippen molar-refractivity contribution >= 4 is 11.9 Å². The minimum atomic E-state index is -1.47. The summed E-state index contributed by atoms with van der Waals surface area (Å²) in [7, 11) is 0. The van der Waals surface area contributed by atoms with Crippen LogP contribution in [-0.2, 0) is 19.1 Å². The SMILES string of the molecule is CCCCCCCC/C=C\CCCCCCCCC(CCCCCCCCCCCCCCC)OC(=O)CC(O)C(=O)OC(CCCCCCCC/C=C\CCCCCCCC)CCCCCCCCCCCCCCC. The van der Waals surface area contributed by atoms with Gasteiger partial charge in [0.2, 0.25) is 0 Å². The molecule has 456 valence electrons. The zero-order valence-electron chi connectivity index (χ0n) is 52.8. The molecule has 3 unspecified atom stereocenters. The molecule has 0 spiro atoms. The van der Waals surface area contributed by atoms with Crippen molar-refractivity contribution in [2.24, 2.45) is 0 Å². The summed E-state index contributed by atoms with van der Waals surface area (Å²) in [6, 6.07) is 0. The van der Waals surface area contributed by atoms with Crippen LogP contribution in [0, 0.1) is 0 Å². The summed E-state index contributed by atoms with van der Waals surface area (Å²) in [5, 5.41) is 11.1. The molecule has 3 atom stereocenters. The van der Waals surface area contributed by atoms with E-state index in [1.807, 2.05) is 0 Å². The van der Waals surface area contributed by atoms with E-state index in [1.54, 1.807) is 0 Å². The van der Waals surface area contributed by atoms with Crippen LogP contribution in [0.25, 0.3) is 0 Å². The summed E-state index contributed by atoms with van der Waals surface area (Å²) >= 11 is 0. The second kappa shape index (κ2) is 65.2. The molecule has 0 aromatic carbocycles. The van der Waals surface area contributed by atoms with Gasteiger partial charge in [0.05, 0.1) is 6.42 Å². The van der Waals surface area contributed by atoms with Gasteiger partial charge in [-0.1, -0.05) is 322 Å². The van der Waals surface area contributed by atoms with Gasteiger partial charge in [0.25, 0.3) is 0 Å². The van der Waals surface area contributed by atoms with Crippen molar-refractivity contribution in [3.8, 4) is 0 Å². The molecular weight excluding hydrogens is 945 g/mol. The Hall–Kier alpha value is -1.62. The van der Waals surface area contributed by atoms with Crippen LogP contribution in [-0.4, -0.2) is 35.4 Å². The molecule has 77 heavy (non-hydrogen) atoms. The largest absolute Gasteiger partial charge is 0.462 e. The third-order valence-corrected chi connectivity index (χ3v) is 16.5. The van der Waals surface area contributed by atoms with Gasteiger partial charge in [-0.25, -0.2) is 4.79 Å². The number of hydrogen-bond donors (Lipinski definition) is 1. The number of carbonyl (C=O) groups is 2. The van der Waals surface area contributed by atoms with E-state index in [4.69, 9.17) is 9.47 Å². The number of rotatable bonds is 65. The molecule has 0 fully saturated rings. The van der Waals surface area contributed by atoms with Crippen molar-refractivity contribution < 1.29 is 24.2 Å². The summed E-state index contributed by atoms with van der Waals surface area (Å²) in [5.41, 5.74) is 0. The third-order valence-electron chi connectivity index (χ3n) is 16.5. The van der Waals surface area contributed by atoms with Crippen molar-refractivity contribution in [1.29, 1.82) is 0 Å². The molecular formula is C72H138O5. The summed E-state index contributed by atoms with van der Waals surface area (Å²) in [4.78, 5) is 26.8. The first-order valence-corrected chi connectivity index (χ1v) is 35.4. The monoisotopic (exact) mass is 1080 g/mol. The molecule has 0 heterocycles. The molecule has 0 saturated carbocycles. The lowest BCUT2D eigenvalue weighted by Gasteiger charge is -2.21. The standard InChI is InChI=1S/C72H138O5/c1-5-9-13-17-21-25-29-33-35-37-41-45-48-52-56-60-64-68(63-59-55-51-47-43-39-31-27-23-19-15-11-7-3)76-71(74)67-70(73)72(75)77-69(65-61-57-53-49-44-40-32-28-24-20-16-12-8-4)66-62-58-54-50-46-42-38-36-34-30-26-22-18-14-10-6-2/h33-36,68-70,73H,5-32,37-67H2,1-4H3/b35-33-,36-34-. The fraction of sp³-hybridized carbons (Fsp3) is 0.917. The first-order chi connectivity index (χ1) is 38.0. The van der Waals surface area contributed by atoms with E-state index in [9.17, 15) is 14.7 Å². The van der Waals surface area contributed by atoms with Gasteiger partial charge in [-0.05, 0) is 103 Å². The highest BCUT2D eigenvalue weighted by atomic mass is 16.6. The van der Waals surface area contributed by atoms with Gasteiger partial charge in [-0.2, -0.15) is 0 Å². The van der Waals surface area contributed by atoms with Gasteiger partial charge in [0.15, 0.2) is 6.10 Å². The molecule has 0 radical (unpaired) electrons. The average Bonchev–Trinajstić information content (AvgIpc) is 3.42. The Labute approximate surface area is 483 Å². The molecule has 0 amide bonds. The van der Waals surface area contributed by atoms with E-state index in [0.29, 0.717) is 0 Å². The minimum absolute atomic E-state index is 0.148. The summed E-state index contributed by atoms with van der Waals surface area (Å²) in [6.07, 6.45) is 80.7. The molecule has 0 rings (SSSR count). The van der Waals surface area contributed by atoms with Crippen LogP contribution in [0.3, 0.4) is 0 Å². The van der Waals surface area contributed by atoms with Crippen molar-refractivity contribution in [2.45, 2.75) is 425 Å². The lowest BCUT2D eigenvalue weighted by atomic mass is 10.0. The molecule has 0 saturated heterocycles. The van der Waals surface area contributed by atoms with E-state index < -0.39 is 18.0 Å². The van der Waals surface area contributed by atoms with Crippen LogP contribution >= 0.6 is 0 Å². The number of aliphatic hydroxyl groups is 1. The predicted octanol–water partition coefficient (Wildman–Crippen LogP) is 24.4. The molecule has 5 nitrogen and oxygen atoms in total. The van der Waals surface area contributed by atoms with Crippen LogP contribution in [0.4, 0.5) is 0 Å². The van der Waals surface area contributed by atoms with Gasteiger partial charge < -0.3 is 14.6 Å². The van der Waals surface area contributed by atoms with Crippen LogP contribution in [0.5, 0.6) is 0 Å². The zero-order valence-corrected chi connectivity index (χ0v) is 52.8. The first-order valence-electron chi connectivity index (χ1n) is 35.4. The van der Waals surface area contributed by atoms with Gasteiger partial charge in [0.1, 0.15) is 12.2 Å². The number of carbonyl (C=O) groups excluding carboxylic acids is 2. The third kappa shape index (κ3) is 60.3. The van der Waals surface area contributed by atoms with Crippen molar-refractivity contribution in [2.75, 3.05) is 0 Å². The van der Waals surface area contributed by atoms with Crippen LogP contribution in [0.1, 0.15) is 407 Å². The van der Waals surface area contributed by atoms with E-state index in [1.165, 1.54) is 302 Å². The number of unbranched alkanes of at least 4 members (excludes halogenated alkanes) is 48. The molecule has 0 aliphatic rings. The van der Waals surface area contributed by atoms with Gasteiger partial charge in [-0.3, -0.25) is 4.79 Å². The lowest BCUT2D eigenvalue weighted by molar-refractivity contribution is -0.166. The summed E-state index contributed by atoms with van der Waals surface area (Å²) in [5.74, 6) is -1.10. The Morgan fingerprint density at radius 2 is 0.481 bits per heavy atom. The smallest absolute Gasteiger partial charge is 0.335 e. The normalized spacial score (nSPS) is 13.1. The maximum absolute atomic E-state index is 13.4. The fourth-order valence-electron chi connectivity index (χ4n) is 11.3. The molecule has 0 bridgehead atoms. The second-order valence-electron chi connectivity index (χ2n) is 24.4. The maximum Gasteiger partial charge on any atom is 0.335 e. The van der Waals surface area contributed by atoms with Crippen LogP contribution < -0.4 is 0 Å². The quantitative estimate of drug-likeness (QED) is 0.0373. The highest BCUT2D eigenvalue weighted by molar-refractivity contribution is 5.81. The predicted molar refractivity (Wildman–Crippen MR) is 339 cm³/mol. The van der Waals surface area contributed by atoms with E-state index in [2.05, 4.69) is 52.0 Å². The van der Waals surface area contributed by atoms with Crippen LogP contribution in [0.15, 0.2) is 24.3 Å². The van der Waals surface area contributed by atoms with Crippen molar-refractivity contribution in [1.82, 2.24) is 0 Å². The minimum Gasteiger partial charge on any atom is -0.462 e. The molecule has 0 aromatic heterocycles. The second-order valence-corrected chi connectivity index (χ2v) is 24.4. The van der Waals surface area contributed by atoms with Crippen molar-refractivity contribution in [3.63, 3.8) is 0 Å². The van der Waals surface area contributed by atoms with Gasteiger partial charge in [0, 0.05) is 0 Å². The van der Waals surface area contributed by atoms with E-state index >= 15 is 0 Å². The number of aliphatic hydroxyl groups excluding tert-OH is 1. The van der Waals surface area contributed by atoms with E-state index in [0.717, 1.165) is 70.6 Å². The maximum atomic E-state index is 13.4. The van der Waals surface area contributed by atoms with Crippen molar-refractivity contribution in [3.05, 3.63) is 24.3 Å². The zero-order chi connectivity index (χ0) is 55.8. The first kappa shape index (κ1) is 75.4. The molecule has 0 aliphatic heterocycles. The molecule has 1 N–H and O–H groups in total. The molecule has 0 aliphatic carbocycles. The lowest BCUT2D eigenvalue weighted by Crippen LogP contribution is -2.31. The number of hydrogen-bond acceptors (Lipinski definition) is 5. The highest BCUT2D eigenvalue weighted by Crippen LogP contribution is 2.22. The fourth-order valence-corrected chi connectivity index (χ4v) is 11.3. The Kier molecular flexibility index (Phi) is 63.8. The Bertz CT molecular complexity index is 1210. The highest BCUT2D eigenvalue weighted by Gasteiger charge is 2.26. The number of ether oxygens (including phenoxy) is 2. The van der Waals surface area contributed by atoms with Gasteiger partial charge >= 0.3 is 11.9 Å². The Morgan fingerprint density at radius 1 is 0.286 bits per heavy atom. The number of allylic oxidation sites excluding steroid dienone is 4. The summed E-state index contributed by atoms with van der Waals surface area (Å²) < 4.78 is 12.2. The van der Waals surface area contributed by atoms with E-state index in [-0.39, 0.29) is 18.6 Å². The molecule has 5 heteroatoms. The van der Waals surface area contributed by atoms with Crippen LogP contribution in [0.2, 0.25) is 0 Å². The molecule has 0 aromatic rings.